The summed E-state index contributed by atoms with van der Waals surface area (Å²) < 4.78 is 0. The van der Waals surface area contributed by atoms with Crippen LogP contribution in [0.2, 0.25) is 0 Å². The van der Waals surface area contributed by atoms with Gasteiger partial charge in [0.05, 0.1) is 5.69 Å². The lowest BCUT2D eigenvalue weighted by molar-refractivity contribution is -0.111. The van der Waals surface area contributed by atoms with Gasteiger partial charge >= 0.3 is 0 Å². The molecule has 1 aromatic carbocycles. The molecule has 3 heteroatoms. The van der Waals surface area contributed by atoms with E-state index in [0.29, 0.717) is 0 Å². The Balaban J connectivity index is 2.23. The predicted octanol–water partition coefficient (Wildman–Crippen LogP) is 3.06. The summed E-state index contributed by atoms with van der Waals surface area (Å²) in [6.45, 7) is 0. The van der Waals surface area contributed by atoms with Gasteiger partial charge < -0.3 is 0 Å². The third kappa shape index (κ3) is 2.67. The van der Waals surface area contributed by atoms with Crippen molar-refractivity contribution in [1.29, 1.82) is 0 Å². The van der Waals surface area contributed by atoms with E-state index >= 15 is 0 Å². The summed E-state index contributed by atoms with van der Waals surface area (Å²) in [5, 5.41) is -0.342. The molecule has 1 heterocycles. The van der Waals surface area contributed by atoms with E-state index in [4.69, 9.17) is 11.6 Å². The average molecular weight is 232 g/mol. The van der Waals surface area contributed by atoms with Crippen LogP contribution in [-0.2, 0) is 11.2 Å². The topological polar surface area (TPSA) is 30.0 Å². The molecule has 1 aromatic heterocycles. The molecule has 2 rings (SSSR count). The van der Waals surface area contributed by atoms with Crippen LogP contribution >= 0.6 is 11.6 Å². The molecule has 0 aliphatic rings. The second-order valence-corrected chi connectivity index (χ2v) is 3.87. The number of pyridine rings is 1. The van der Waals surface area contributed by atoms with Crippen molar-refractivity contribution in [3.63, 3.8) is 0 Å². The number of carbonyl (C=O) groups is 1. The van der Waals surface area contributed by atoms with Crippen molar-refractivity contribution in [3.8, 4) is 11.3 Å². The standard InChI is InChI=1S/C13H10ClNO/c14-13(16)9-10-4-6-11(7-5-10)12-3-1-2-8-15-12/h1-8H,9H2. The summed E-state index contributed by atoms with van der Waals surface area (Å²) in [6.07, 6.45) is 2.02. The molecule has 80 valence electrons. The van der Waals surface area contributed by atoms with Gasteiger partial charge in [0.25, 0.3) is 0 Å². The van der Waals surface area contributed by atoms with Crippen LogP contribution in [0.3, 0.4) is 0 Å². The lowest BCUT2D eigenvalue weighted by Gasteiger charge is -2.01. The molecule has 0 aliphatic heterocycles. The van der Waals surface area contributed by atoms with Crippen molar-refractivity contribution in [3.05, 3.63) is 54.2 Å². The minimum absolute atomic E-state index is 0.268. The Labute approximate surface area is 98.9 Å². The van der Waals surface area contributed by atoms with E-state index in [1.165, 1.54) is 0 Å². The molecule has 0 saturated carbocycles. The quantitative estimate of drug-likeness (QED) is 0.760. The Kier molecular flexibility index (Phi) is 3.32. The second kappa shape index (κ2) is 4.90. The van der Waals surface area contributed by atoms with Crippen LogP contribution < -0.4 is 0 Å². The molecule has 2 aromatic rings. The molecule has 0 N–H and O–H groups in total. The lowest BCUT2D eigenvalue weighted by Crippen LogP contribution is -1.93. The fourth-order valence-corrected chi connectivity index (χ4v) is 1.64. The first kappa shape index (κ1) is 10.8. The van der Waals surface area contributed by atoms with Gasteiger partial charge in [-0.25, -0.2) is 0 Å². The van der Waals surface area contributed by atoms with Crippen LogP contribution in [0.5, 0.6) is 0 Å². The van der Waals surface area contributed by atoms with Gasteiger partial charge in [0.15, 0.2) is 0 Å². The zero-order chi connectivity index (χ0) is 11.4. The average Bonchev–Trinajstić information content (AvgIpc) is 2.30. The zero-order valence-electron chi connectivity index (χ0n) is 8.56. The van der Waals surface area contributed by atoms with Gasteiger partial charge in [-0.05, 0) is 29.3 Å². The summed E-state index contributed by atoms with van der Waals surface area (Å²) in [5.74, 6) is 0. The normalized spacial score (nSPS) is 10.1. The molecule has 0 saturated heterocycles. The van der Waals surface area contributed by atoms with Crippen molar-refractivity contribution < 1.29 is 4.79 Å². The van der Waals surface area contributed by atoms with Crippen molar-refractivity contribution in [2.45, 2.75) is 6.42 Å². The monoisotopic (exact) mass is 231 g/mol. The molecule has 0 fully saturated rings. The first-order valence-electron chi connectivity index (χ1n) is 4.94. The van der Waals surface area contributed by atoms with Gasteiger partial charge in [0.1, 0.15) is 0 Å². The van der Waals surface area contributed by atoms with E-state index in [0.717, 1.165) is 16.8 Å². The molecule has 0 amide bonds. The third-order valence-corrected chi connectivity index (χ3v) is 2.39. The summed E-state index contributed by atoms with van der Waals surface area (Å²) in [4.78, 5) is 15.0. The summed E-state index contributed by atoms with van der Waals surface area (Å²) in [7, 11) is 0. The molecule has 0 aliphatic carbocycles. The van der Waals surface area contributed by atoms with Gasteiger partial charge in [-0.3, -0.25) is 9.78 Å². The van der Waals surface area contributed by atoms with E-state index in [-0.39, 0.29) is 11.7 Å². The number of benzene rings is 1. The molecule has 0 unspecified atom stereocenters. The fourth-order valence-electron chi connectivity index (χ4n) is 1.49. The van der Waals surface area contributed by atoms with Crippen molar-refractivity contribution in [1.82, 2.24) is 4.98 Å². The first-order chi connectivity index (χ1) is 7.75. The highest BCUT2D eigenvalue weighted by molar-refractivity contribution is 6.63. The van der Waals surface area contributed by atoms with Crippen LogP contribution in [0.15, 0.2) is 48.7 Å². The molecular weight excluding hydrogens is 222 g/mol. The SMILES string of the molecule is O=C(Cl)Cc1ccc(-c2ccccn2)cc1. The number of rotatable bonds is 3. The number of hydrogen-bond acceptors (Lipinski definition) is 2. The molecule has 0 spiro atoms. The highest BCUT2D eigenvalue weighted by Gasteiger charge is 2.01. The minimum atomic E-state index is -0.342. The molecule has 0 radical (unpaired) electrons. The number of halogens is 1. The van der Waals surface area contributed by atoms with Crippen LogP contribution in [0.4, 0.5) is 0 Å². The van der Waals surface area contributed by atoms with E-state index in [1.807, 2.05) is 42.5 Å². The Hall–Kier alpha value is -1.67. The highest BCUT2D eigenvalue weighted by Crippen LogP contribution is 2.17. The van der Waals surface area contributed by atoms with Crippen LogP contribution in [-0.4, -0.2) is 10.2 Å². The fraction of sp³-hybridized carbons (Fsp3) is 0.0769. The third-order valence-electron chi connectivity index (χ3n) is 2.26. The van der Waals surface area contributed by atoms with Crippen LogP contribution in [0.25, 0.3) is 11.3 Å². The molecule has 16 heavy (non-hydrogen) atoms. The molecule has 0 bridgehead atoms. The Morgan fingerprint density at radius 2 is 1.88 bits per heavy atom. The van der Waals surface area contributed by atoms with Crippen molar-refractivity contribution >= 4 is 16.8 Å². The van der Waals surface area contributed by atoms with E-state index in [1.54, 1.807) is 6.20 Å². The Morgan fingerprint density at radius 1 is 1.12 bits per heavy atom. The number of hydrogen-bond donors (Lipinski definition) is 0. The first-order valence-corrected chi connectivity index (χ1v) is 5.32. The maximum atomic E-state index is 10.7. The predicted molar refractivity (Wildman–Crippen MR) is 64.2 cm³/mol. The maximum absolute atomic E-state index is 10.7. The van der Waals surface area contributed by atoms with Crippen LogP contribution in [0, 0.1) is 0 Å². The second-order valence-electron chi connectivity index (χ2n) is 3.44. The maximum Gasteiger partial charge on any atom is 0.226 e. The number of aromatic nitrogens is 1. The zero-order valence-corrected chi connectivity index (χ0v) is 9.32. The summed E-state index contributed by atoms with van der Waals surface area (Å²) in [6, 6.07) is 13.4. The highest BCUT2D eigenvalue weighted by atomic mass is 35.5. The van der Waals surface area contributed by atoms with Crippen LogP contribution in [0.1, 0.15) is 5.56 Å². The molecular formula is C13H10ClNO. The van der Waals surface area contributed by atoms with E-state index in [2.05, 4.69) is 4.98 Å². The largest absolute Gasteiger partial charge is 0.281 e. The van der Waals surface area contributed by atoms with Gasteiger partial charge in [0, 0.05) is 18.2 Å². The van der Waals surface area contributed by atoms with E-state index in [9.17, 15) is 4.79 Å². The van der Waals surface area contributed by atoms with Crippen molar-refractivity contribution in [2.75, 3.05) is 0 Å². The smallest absolute Gasteiger partial charge is 0.226 e. The van der Waals surface area contributed by atoms with E-state index < -0.39 is 0 Å². The van der Waals surface area contributed by atoms with Crippen molar-refractivity contribution in [2.24, 2.45) is 0 Å². The molecule has 0 atom stereocenters. The van der Waals surface area contributed by atoms with Gasteiger partial charge in [0.2, 0.25) is 5.24 Å². The summed E-state index contributed by atoms with van der Waals surface area (Å²) >= 11 is 5.32. The van der Waals surface area contributed by atoms with Gasteiger partial charge in [-0.2, -0.15) is 0 Å². The van der Waals surface area contributed by atoms with Gasteiger partial charge in [-0.15, -0.1) is 0 Å². The lowest BCUT2D eigenvalue weighted by atomic mass is 10.1. The molecule has 2 nitrogen and oxygen atoms in total. The number of nitrogens with zero attached hydrogens (tertiary/aromatic N) is 1. The Morgan fingerprint density at radius 3 is 2.44 bits per heavy atom. The summed E-state index contributed by atoms with van der Waals surface area (Å²) in [5.41, 5.74) is 2.87. The Bertz CT molecular complexity index is 479. The minimum Gasteiger partial charge on any atom is -0.281 e. The number of carbonyl (C=O) groups excluding carboxylic acids is 1. The van der Waals surface area contributed by atoms with Gasteiger partial charge in [-0.1, -0.05) is 30.3 Å².